The van der Waals surface area contributed by atoms with Crippen LogP contribution in [0.4, 0.5) is 0 Å². The van der Waals surface area contributed by atoms with E-state index in [2.05, 4.69) is 49.8 Å². The summed E-state index contributed by atoms with van der Waals surface area (Å²) in [5, 5.41) is 3.77. The van der Waals surface area contributed by atoms with Crippen molar-refractivity contribution in [1.29, 1.82) is 0 Å². The first-order valence-corrected chi connectivity index (χ1v) is 8.32. The molecule has 1 N–H and O–H groups in total. The van der Waals surface area contributed by atoms with Crippen LogP contribution in [0.15, 0.2) is 0 Å². The van der Waals surface area contributed by atoms with Crippen LogP contribution in [-0.2, 0) is 0 Å². The van der Waals surface area contributed by atoms with Crippen molar-refractivity contribution in [2.45, 2.75) is 52.1 Å². The van der Waals surface area contributed by atoms with Gasteiger partial charge in [-0.3, -0.25) is 0 Å². The van der Waals surface area contributed by atoms with Crippen LogP contribution in [-0.4, -0.2) is 48.6 Å². The molecule has 0 aromatic heterocycles. The van der Waals surface area contributed by atoms with Crippen molar-refractivity contribution >= 4 is 11.8 Å². The highest BCUT2D eigenvalue weighted by atomic mass is 32.2. The van der Waals surface area contributed by atoms with E-state index in [1.165, 1.54) is 37.3 Å². The molecular weight excluding hydrogens is 228 g/mol. The fourth-order valence-electron chi connectivity index (χ4n) is 2.40. The van der Waals surface area contributed by atoms with Crippen molar-refractivity contribution in [2.24, 2.45) is 5.92 Å². The zero-order chi connectivity index (χ0) is 12.7. The minimum Gasteiger partial charge on any atom is -0.312 e. The molecule has 3 heteroatoms. The van der Waals surface area contributed by atoms with Crippen molar-refractivity contribution < 1.29 is 0 Å². The summed E-state index contributed by atoms with van der Waals surface area (Å²) in [4.78, 5) is 2.56. The standard InChI is InChI=1S/C14H30N2S/c1-5-8-15-13(7-6-12(2)3)14-11-17-10-9-16(14)4/h12-15H,5-11H2,1-4H3. The third kappa shape index (κ3) is 5.62. The molecule has 2 atom stereocenters. The third-order valence-electron chi connectivity index (χ3n) is 3.62. The maximum Gasteiger partial charge on any atom is 0.0337 e. The molecule has 1 heterocycles. The Kier molecular flexibility index (Phi) is 7.56. The van der Waals surface area contributed by atoms with Crippen molar-refractivity contribution in [2.75, 3.05) is 31.6 Å². The van der Waals surface area contributed by atoms with E-state index in [9.17, 15) is 0 Å². The fourth-order valence-corrected chi connectivity index (χ4v) is 3.71. The van der Waals surface area contributed by atoms with Crippen LogP contribution in [0.5, 0.6) is 0 Å². The summed E-state index contributed by atoms with van der Waals surface area (Å²) in [5.74, 6) is 3.43. The Labute approximate surface area is 112 Å². The predicted molar refractivity (Wildman–Crippen MR) is 79.9 cm³/mol. The topological polar surface area (TPSA) is 15.3 Å². The molecule has 0 spiro atoms. The van der Waals surface area contributed by atoms with Crippen LogP contribution >= 0.6 is 11.8 Å². The van der Waals surface area contributed by atoms with Gasteiger partial charge >= 0.3 is 0 Å². The molecule has 0 bridgehead atoms. The Bertz CT molecular complexity index is 197. The zero-order valence-electron chi connectivity index (χ0n) is 12.0. The van der Waals surface area contributed by atoms with Gasteiger partial charge in [0.1, 0.15) is 0 Å². The summed E-state index contributed by atoms with van der Waals surface area (Å²) in [6, 6.07) is 1.43. The van der Waals surface area contributed by atoms with Crippen LogP contribution < -0.4 is 5.32 Å². The van der Waals surface area contributed by atoms with Gasteiger partial charge in [-0.1, -0.05) is 20.8 Å². The lowest BCUT2D eigenvalue weighted by atomic mass is 9.97. The van der Waals surface area contributed by atoms with E-state index in [0.29, 0.717) is 6.04 Å². The van der Waals surface area contributed by atoms with E-state index in [4.69, 9.17) is 0 Å². The van der Waals surface area contributed by atoms with Crippen molar-refractivity contribution in [3.05, 3.63) is 0 Å². The lowest BCUT2D eigenvalue weighted by Crippen LogP contribution is -2.53. The van der Waals surface area contributed by atoms with Crippen molar-refractivity contribution in [1.82, 2.24) is 10.2 Å². The summed E-state index contributed by atoms with van der Waals surface area (Å²) < 4.78 is 0. The molecule has 1 saturated heterocycles. The number of thioether (sulfide) groups is 1. The summed E-state index contributed by atoms with van der Waals surface area (Å²) >= 11 is 2.12. The average molecular weight is 258 g/mol. The number of nitrogens with zero attached hydrogens (tertiary/aromatic N) is 1. The van der Waals surface area contributed by atoms with Gasteiger partial charge in [-0.15, -0.1) is 0 Å². The molecule has 2 unspecified atom stereocenters. The number of hydrogen-bond donors (Lipinski definition) is 1. The molecule has 0 aromatic carbocycles. The smallest absolute Gasteiger partial charge is 0.0337 e. The van der Waals surface area contributed by atoms with E-state index in [1.54, 1.807) is 0 Å². The molecule has 0 amide bonds. The highest BCUT2D eigenvalue weighted by molar-refractivity contribution is 7.99. The van der Waals surface area contributed by atoms with Crippen LogP contribution in [0.1, 0.15) is 40.0 Å². The van der Waals surface area contributed by atoms with Crippen LogP contribution in [0, 0.1) is 5.92 Å². The molecule has 102 valence electrons. The molecular formula is C14H30N2S. The van der Waals surface area contributed by atoms with Crippen molar-refractivity contribution in [3.63, 3.8) is 0 Å². The van der Waals surface area contributed by atoms with Gasteiger partial charge in [0.2, 0.25) is 0 Å². The second-order valence-corrected chi connectivity index (χ2v) is 6.80. The SMILES string of the molecule is CCCNC(CCC(C)C)C1CSCCN1C. The van der Waals surface area contributed by atoms with Crippen LogP contribution in [0.3, 0.4) is 0 Å². The third-order valence-corrected chi connectivity index (χ3v) is 4.67. The summed E-state index contributed by atoms with van der Waals surface area (Å²) in [5.41, 5.74) is 0. The van der Waals surface area contributed by atoms with Gasteiger partial charge in [-0.2, -0.15) is 11.8 Å². The minimum absolute atomic E-state index is 0.690. The molecule has 0 aliphatic carbocycles. The van der Waals surface area contributed by atoms with E-state index < -0.39 is 0 Å². The lowest BCUT2D eigenvalue weighted by molar-refractivity contribution is 0.203. The van der Waals surface area contributed by atoms with Gasteiger partial charge in [0, 0.05) is 30.1 Å². The first kappa shape index (κ1) is 15.3. The molecule has 1 rings (SSSR count). The fraction of sp³-hybridized carbons (Fsp3) is 1.00. The monoisotopic (exact) mass is 258 g/mol. The summed E-state index contributed by atoms with van der Waals surface area (Å²) in [7, 11) is 2.29. The van der Waals surface area contributed by atoms with E-state index in [0.717, 1.165) is 18.5 Å². The maximum absolute atomic E-state index is 3.77. The first-order chi connectivity index (χ1) is 8.15. The maximum atomic E-state index is 3.77. The predicted octanol–water partition coefficient (Wildman–Crippen LogP) is 2.84. The number of hydrogen-bond acceptors (Lipinski definition) is 3. The Morgan fingerprint density at radius 2 is 2.12 bits per heavy atom. The zero-order valence-corrected chi connectivity index (χ0v) is 12.9. The first-order valence-electron chi connectivity index (χ1n) is 7.16. The van der Waals surface area contributed by atoms with E-state index in [1.807, 2.05) is 0 Å². The number of rotatable bonds is 7. The molecule has 2 nitrogen and oxygen atoms in total. The van der Waals surface area contributed by atoms with Gasteiger partial charge < -0.3 is 10.2 Å². The summed E-state index contributed by atoms with van der Waals surface area (Å²) in [6.45, 7) is 9.33. The molecule has 1 fully saturated rings. The number of nitrogens with one attached hydrogen (secondary N) is 1. The van der Waals surface area contributed by atoms with Gasteiger partial charge in [-0.25, -0.2) is 0 Å². The van der Waals surface area contributed by atoms with Crippen LogP contribution in [0.25, 0.3) is 0 Å². The second kappa shape index (κ2) is 8.39. The molecule has 17 heavy (non-hydrogen) atoms. The molecule has 1 aliphatic rings. The Balaban J connectivity index is 2.47. The van der Waals surface area contributed by atoms with Gasteiger partial charge in [-0.05, 0) is 38.8 Å². The van der Waals surface area contributed by atoms with Gasteiger partial charge in [0.15, 0.2) is 0 Å². The highest BCUT2D eigenvalue weighted by Gasteiger charge is 2.27. The minimum atomic E-state index is 0.690. The van der Waals surface area contributed by atoms with Gasteiger partial charge in [0.05, 0.1) is 0 Å². The number of likely N-dealkylation sites (N-methyl/N-ethyl adjacent to an activating group) is 1. The molecule has 1 aliphatic heterocycles. The highest BCUT2D eigenvalue weighted by Crippen LogP contribution is 2.21. The molecule has 0 saturated carbocycles. The second-order valence-electron chi connectivity index (χ2n) is 5.65. The molecule has 0 aromatic rings. The van der Waals surface area contributed by atoms with Crippen LogP contribution in [0.2, 0.25) is 0 Å². The molecule has 0 radical (unpaired) electrons. The Morgan fingerprint density at radius 3 is 2.71 bits per heavy atom. The normalized spacial score (nSPS) is 24.2. The lowest BCUT2D eigenvalue weighted by Gasteiger charge is -2.38. The van der Waals surface area contributed by atoms with E-state index >= 15 is 0 Å². The average Bonchev–Trinajstić information content (AvgIpc) is 2.30. The quantitative estimate of drug-likeness (QED) is 0.756. The van der Waals surface area contributed by atoms with Crippen molar-refractivity contribution in [3.8, 4) is 0 Å². The summed E-state index contributed by atoms with van der Waals surface area (Å²) in [6.07, 6.45) is 3.91. The largest absolute Gasteiger partial charge is 0.312 e. The van der Waals surface area contributed by atoms with Gasteiger partial charge in [0.25, 0.3) is 0 Å². The Morgan fingerprint density at radius 1 is 1.35 bits per heavy atom. The van der Waals surface area contributed by atoms with E-state index in [-0.39, 0.29) is 0 Å². The Hall–Kier alpha value is 0.270.